The number of aliphatic hydroxyl groups excluding tert-OH is 1. The number of amides is 1. The summed E-state index contributed by atoms with van der Waals surface area (Å²) in [4.78, 5) is 13.5. The Morgan fingerprint density at radius 2 is 2.41 bits per heavy atom. The Hall–Kier alpha value is -1.20. The van der Waals surface area contributed by atoms with Gasteiger partial charge >= 0.3 is 0 Å². The second-order valence-electron chi connectivity index (χ2n) is 3.46. The predicted octanol–water partition coefficient (Wildman–Crippen LogP) is 1.76. The van der Waals surface area contributed by atoms with Gasteiger partial charge < -0.3 is 14.4 Å². The van der Waals surface area contributed by atoms with E-state index in [1.54, 1.807) is 30.0 Å². The number of carbonyl (C=O) groups is 1. The van der Waals surface area contributed by atoms with Crippen molar-refractivity contribution >= 4 is 17.7 Å². The maximum atomic E-state index is 12.0. The Kier molecular flexibility index (Phi) is 5.86. The Balaban J connectivity index is 2.73. The molecular formula is C12H17NO3S. The van der Waals surface area contributed by atoms with Crippen molar-refractivity contribution in [1.82, 2.24) is 4.90 Å². The van der Waals surface area contributed by atoms with Crippen LogP contribution in [0.4, 0.5) is 0 Å². The van der Waals surface area contributed by atoms with Crippen molar-refractivity contribution in [1.29, 1.82) is 0 Å². The van der Waals surface area contributed by atoms with Gasteiger partial charge in [-0.3, -0.25) is 4.79 Å². The molecule has 0 saturated carbocycles. The topological polar surface area (TPSA) is 53.7 Å². The number of nitrogens with zero attached hydrogens (tertiary/aromatic N) is 1. The van der Waals surface area contributed by atoms with Gasteiger partial charge in [-0.25, -0.2) is 0 Å². The molecule has 0 unspecified atom stereocenters. The molecule has 5 heteroatoms. The van der Waals surface area contributed by atoms with Crippen molar-refractivity contribution in [2.75, 3.05) is 26.0 Å². The monoisotopic (exact) mass is 255 g/mol. The minimum Gasteiger partial charge on any atom is -0.455 e. The summed E-state index contributed by atoms with van der Waals surface area (Å²) in [6.45, 7) is 4.19. The van der Waals surface area contributed by atoms with E-state index in [0.29, 0.717) is 12.3 Å². The largest absolute Gasteiger partial charge is 0.455 e. The number of thioether (sulfide) groups is 1. The first kappa shape index (κ1) is 13.9. The van der Waals surface area contributed by atoms with Gasteiger partial charge in [-0.15, -0.1) is 6.58 Å². The minimum absolute atomic E-state index is 0.0715. The van der Waals surface area contributed by atoms with E-state index >= 15 is 0 Å². The van der Waals surface area contributed by atoms with Crippen molar-refractivity contribution < 1.29 is 14.3 Å². The number of furan rings is 1. The quantitative estimate of drug-likeness (QED) is 0.754. The summed E-state index contributed by atoms with van der Waals surface area (Å²) in [5.74, 6) is 1.62. The van der Waals surface area contributed by atoms with Crippen LogP contribution < -0.4 is 0 Å². The lowest BCUT2D eigenvalue weighted by atomic mass is 10.3. The lowest BCUT2D eigenvalue weighted by molar-refractivity contribution is 0.0710. The van der Waals surface area contributed by atoms with Crippen LogP contribution in [0.15, 0.2) is 29.2 Å². The van der Waals surface area contributed by atoms with Gasteiger partial charge in [-0.2, -0.15) is 11.8 Å². The van der Waals surface area contributed by atoms with Crippen LogP contribution in [0.25, 0.3) is 0 Å². The average Bonchev–Trinajstić information content (AvgIpc) is 2.77. The zero-order chi connectivity index (χ0) is 12.7. The van der Waals surface area contributed by atoms with Crippen molar-refractivity contribution in [2.24, 2.45) is 0 Å². The molecule has 1 rings (SSSR count). The third-order valence-corrected chi connectivity index (χ3v) is 2.74. The van der Waals surface area contributed by atoms with Gasteiger partial charge in [-0.1, -0.05) is 6.08 Å². The van der Waals surface area contributed by atoms with Crippen molar-refractivity contribution in [3.63, 3.8) is 0 Å². The fourth-order valence-corrected chi connectivity index (χ4v) is 1.86. The smallest absolute Gasteiger partial charge is 0.289 e. The normalized spacial score (nSPS) is 10.2. The van der Waals surface area contributed by atoms with Crippen LogP contribution in [0.5, 0.6) is 0 Å². The highest BCUT2D eigenvalue weighted by atomic mass is 32.2. The van der Waals surface area contributed by atoms with E-state index in [-0.39, 0.29) is 19.1 Å². The van der Waals surface area contributed by atoms with Gasteiger partial charge in [0, 0.05) is 13.1 Å². The Morgan fingerprint density at radius 1 is 1.65 bits per heavy atom. The molecule has 1 aromatic heterocycles. The summed E-state index contributed by atoms with van der Waals surface area (Å²) in [7, 11) is 0. The summed E-state index contributed by atoms with van der Waals surface area (Å²) in [6.07, 6.45) is 3.60. The minimum atomic E-state index is -0.216. The molecule has 17 heavy (non-hydrogen) atoms. The highest BCUT2D eigenvalue weighted by Crippen LogP contribution is 2.15. The third kappa shape index (κ3) is 3.94. The Morgan fingerprint density at radius 3 is 3.00 bits per heavy atom. The van der Waals surface area contributed by atoms with Crippen molar-refractivity contribution in [2.45, 2.75) is 5.75 Å². The van der Waals surface area contributed by atoms with Crippen LogP contribution in [0.1, 0.15) is 16.3 Å². The zero-order valence-corrected chi connectivity index (χ0v) is 10.7. The lowest BCUT2D eigenvalue weighted by Crippen LogP contribution is -2.33. The molecule has 0 bridgehead atoms. The van der Waals surface area contributed by atoms with E-state index in [1.165, 1.54) is 4.90 Å². The molecule has 1 aromatic rings. The number of hydrogen-bond donors (Lipinski definition) is 1. The summed E-state index contributed by atoms with van der Waals surface area (Å²) in [5.41, 5.74) is 0. The zero-order valence-electron chi connectivity index (χ0n) is 9.89. The van der Waals surface area contributed by atoms with Crippen molar-refractivity contribution in [3.8, 4) is 0 Å². The molecule has 1 amide bonds. The highest BCUT2D eigenvalue weighted by Gasteiger charge is 2.17. The number of carbonyl (C=O) groups excluding carboxylic acids is 1. The van der Waals surface area contributed by atoms with Crippen LogP contribution in [-0.2, 0) is 5.75 Å². The predicted molar refractivity (Wildman–Crippen MR) is 69.1 cm³/mol. The van der Waals surface area contributed by atoms with E-state index < -0.39 is 0 Å². The fraction of sp³-hybridized carbons (Fsp3) is 0.417. The first-order valence-electron chi connectivity index (χ1n) is 5.31. The first-order chi connectivity index (χ1) is 8.22. The molecule has 0 atom stereocenters. The van der Waals surface area contributed by atoms with E-state index in [0.717, 1.165) is 11.5 Å². The third-order valence-electron chi connectivity index (χ3n) is 2.17. The molecule has 0 fully saturated rings. The van der Waals surface area contributed by atoms with Gasteiger partial charge in [0.25, 0.3) is 5.91 Å². The van der Waals surface area contributed by atoms with Gasteiger partial charge in [0.1, 0.15) is 5.76 Å². The molecule has 0 spiro atoms. The fourth-order valence-electron chi connectivity index (χ4n) is 1.42. The van der Waals surface area contributed by atoms with Crippen LogP contribution in [0, 0.1) is 0 Å². The number of hydrogen-bond acceptors (Lipinski definition) is 4. The summed E-state index contributed by atoms with van der Waals surface area (Å²) >= 11 is 1.63. The van der Waals surface area contributed by atoms with Gasteiger partial charge in [-0.05, 0) is 18.4 Å². The van der Waals surface area contributed by atoms with E-state index in [2.05, 4.69) is 6.58 Å². The van der Waals surface area contributed by atoms with E-state index in [9.17, 15) is 4.79 Å². The molecule has 0 saturated heterocycles. The number of aliphatic hydroxyl groups is 1. The van der Waals surface area contributed by atoms with Gasteiger partial charge in [0.2, 0.25) is 0 Å². The van der Waals surface area contributed by atoms with Crippen LogP contribution >= 0.6 is 11.8 Å². The molecule has 0 aliphatic rings. The van der Waals surface area contributed by atoms with E-state index in [4.69, 9.17) is 9.52 Å². The molecule has 0 aliphatic heterocycles. The molecule has 1 N–H and O–H groups in total. The van der Waals surface area contributed by atoms with E-state index in [1.807, 2.05) is 6.26 Å². The SMILES string of the molecule is C=CCN(CCO)C(=O)c1ccc(CSC)o1. The number of rotatable bonds is 7. The molecule has 1 heterocycles. The summed E-state index contributed by atoms with van der Waals surface area (Å²) < 4.78 is 5.43. The summed E-state index contributed by atoms with van der Waals surface area (Å²) in [6, 6.07) is 3.47. The molecule has 0 aromatic carbocycles. The molecule has 94 valence electrons. The van der Waals surface area contributed by atoms with Gasteiger partial charge in [0.15, 0.2) is 5.76 Å². The average molecular weight is 255 g/mol. The molecular weight excluding hydrogens is 238 g/mol. The van der Waals surface area contributed by atoms with Crippen molar-refractivity contribution in [3.05, 3.63) is 36.3 Å². The molecule has 0 aliphatic carbocycles. The summed E-state index contributed by atoms with van der Waals surface area (Å²) in [5, 5.41) is 8.89. The molecule has 4 nitrogen and oxygen atoms in total. The second-order valence-corrected chi connectivity index (χ2v) is 4.33. The van der Waals surface area contributed by atoms with Gasteiger partial charge in [0.05, 0.1) is 12.4 Å². The molecule has 0 radical (unpaired) electrons. The standard InChI is InChI=1S/C12H17NO3S/c1-3-6-13(7-8-14)12(15)11-5-4-10(16-11)9-17-2/h3-5,14H,1,6-9H2,2H3. The highest BCUT2D eigenvalue weighted by molar-refractivity contribution is 7.97. The van der Waals surface area contributed by atoms with Crippen LogP contribution in [0.2, 0.25) is 0 Å². The second kappa shape index (κ2) is 7.19. The van der Waals surface area contributed by atoms with Crippen LogP contribution in [0.3, 0.4) is 0 Å². The lowest BCUT2D eigenvalue weighted by Gasteiger charge is -2.18. The maximum absolute atomic E-state index is 12.0. The Bertz CT molecular complexity index is 376. The maximum Gasteiger partial charge on any atom is 0.289 e. The Labute approximate surface area is 105 Å². The van der Waals surface area contributed by atoms with Crippen LogP contribution in [-0.4, -0.2) is 41.9 Å². The first-order valence-corrected chi connectivity index (χ1v) is 6.71.